The molecule has 0 radical (unpaired) electrons. The highest BCUT2D eigenvalue weighted by atomic mass is 16.2. The largest absolute Gasteiger partial charge is 0.336 e. The molecule has 1 aliphatic heterocycles. The Bertz CT molecular complexity index is 995. The molecule has 5 heteroatoms. The topological polar surface area (TPSA) is 50.2 Å². The average molecular weight is 360 g/mol. The van der Waals surface area contributed by atoms with Gasteiger partial charge in [0.2, 0.25) is 5.91 Å². The van der Waals surface area contributed by atoms with E-state index in [9.17, 15) is 4.79 Å². The molecule has 3 unspecified atom stereocenters. The van der Waals surface area contributed by atoms with E-state index in [-0.39, 0.29) is 17.9 Å². The molecule has 3 aromatic rings. The molecule has 5 rings (SSSR count). The molecule has 5 nitrogen and oxygen atoms in total. The van der Waals surface area contributed by atoms with Gasteiger partial charge in [-0.05, 0) is 28.7 Å². The Morgan fingerprint density at radius 1 is 1.19 bits per heavy atom. The van der Waals surface area contributed by atoms with Crippen molar-refractivity contribution in [3.05, 3.63) is 66.2 Å². The summed E-state index contributed by atoms with van der Waals surface area (Å²) in [6.07, 6.45) is 4.71. The Labute approximate surface area is 159 Å². The van der Waals surface area contributed by atoms with Crippen LogP contribution in [0.1, 0.15) is 29.8 Å². The number of carbonyl (C=O) groups is 1. The first-order valence-corrected chi connectivity index (χ1v) is 9.69. The number of hydrogen-bond donors (Lipinski definition) is 1. The fourth-order valence-electron chi connectivity index (χ4n) is 4.38. The lowest BCUT2D eigenvalue weighted by Gasteiger charge is -2.36. The van der Waals surface area contributed by atoms with E-state index in [0.29, 0.717) is 5.92 Å². The molecule has 0 bridgehead atoms. The van der Waals surface area contributed by atoms with Gasteiger partial charge in [0.1, 0.15) is 11.9 Å². The molecule has 1 aromatic heterocycles. The maximum Gasteiger partial charge on any atom is 0.227 e. The number of aromatic nitrogens is 2. The van der Waals surface area contributed by atoms with Crippen LogP contribution in [-0.4, -0.2) is 40.0 Å². The second-order valence-electron chi connectivity index (χ2n) is 7.70. The third kappa shape index (κ3) is 2.92. The third-order valence-corrected chi connectivity index (χ3v) is 5.99. The number of nitrogens with zero attached hydrogens (tertiary/aromatic N) is 3. The van der Waals surface area contributed by atoms with Gasteiger partial charge in [-0.15, -0.1) is 0 Å². The smallest absolute Gasteiger partial charge is 0.227 e. The summed E-state index contributed by atoms with van der Waals surface area (Å²) in [5.74, 6) is 1.69. The van der Waals surface area contributed by atoms with Gasteiger partial charge in [-0.3, -0.25) is 4.79 Å². The lowest BCUT2D eigenvalue weighted by atomic mass is 10.0. The van der Waals surface area contributed by atoms with Gasteiger partial charge in [-0.1, -0.05) is 42.5 Å². The van der Waals surface area contributed by atoms with Gasteiger partial charge < -0.3 is 14.8 Å². The normalized spacial score (nSPS) is 24.9. The summed E-state index contributed by atoms with van der Waals surface area (Å²) < 4.78 is 2.02. The monoisotopic (exact) mass is 360 g/mol. The number of aryl methyl sites for hydroxylation is 1. The predicted molar refractivity (Wildman–Crippen MR) is 105 cm³/mol. The van der Waals surface area contributed by atoms with E-state index < -0.39 is 0 Å². The van der Waals surface area contributed by atoms with Crippen LogP contribution in [0.25, 0.3) is 10.8 Å². The number of amides is 1. The fraction of sp³-hybridized carbons (Fsp3) is 0.364. The number of carbonyl (C=O) groups excluding carboxylic acids is 1. The summed E-state index contributed by atoms with van der Waals surface area (Å²) in [6.45, 7) is 2.36. The molecular formula is C22H24N4O. The van der Waals surface area contributed by atoms with Crippen molar-refractivity contribution >= 4 is 16.7 Å². The molecule has 2 fully saturated rings. The van der Waals surface area contributed by atoms with E-state index in [4.69, 9.17) is 0 Å². The van der Waals surface area contributed by atoms with Crippen LogP contribution in [-0.2, 0) is 11.8 Å². The number of fused-ring (bicyclic) bond motifs is 1. The SMILES string of the molecule is Cn1ccnc1C1CNCCN1C(=O)C1CC1c1ccc2ccccc2c1. The molecule has 0 spiro atoms. The minimum Gasteiger partial charge on any atom is -0.336 e. The Morgan fingerprint density at radius 3 is 2.85 bits per heavy atom. The standard InChI is InChI=1S/C22H24N4O/c1-25-10-9-24-21(25)20-14-23-8-11-26(20)22(27)19-13-18(19)17-7-6-15-4-2-3-5-16(15)12-17/h2-7,9-10,12,18-20,23H,8,11,13-14H2,1H3. The zero-order valence-electron chi connectivity index (χ0n) is 15.5. The maximum atomic E-state index is 13.3. The summed E-state index contributed by atoms with van der Waals surface area (Å²) in [5.41, 5.74) is 1.29. The van der Waals surface area contributed by atoms with Crippen LogP contribution < -0.4 is 5.32 Å². The van der Waals surface area contributed by atoms with Crippen molar-refractivity contribution in [3.63, 3.8) is 0 Å². The second-order valence-corrected chi connectivity index (χ2v) is 7.70. The summed E-state index contributed by atoms with van der Waals surface area (Å²) in [6, 6.07) is 15.0. The minimum absolute atomic E-state index is 0.0177. The molecule has 1 aliphatic carbocycles. The van der Waals surface area contributed by atoms with Crippen molar-refractivity contribution in [2.45, 2.75) is 18.4 Å². The van der Waals surface area contributed by atoms with E-state index in [1.54, 1.807) is 0 Å². The molecule has 2 aliphatic rings. The molecule has 1 N–H and O–H groups in total. The van der Waals surface area contributed by atoms with E-state index in [1.807, 2.05) is 28.9 Å². The molecule has 2 heterocycles. The van der Waals surface area contributed by atoms with Crippen LogP contribution in [0.3, 0.4) is 0 Å². The van der Waals surface area contributed by atoms with E-state index in [0.717, 1.165) is 31.9 Å². The second kappa shape index (κ2) is 6.50. The van der Waals surface area contributed by atoms with Gasteiger partial charge in [0, 0.05) is 45.0 Å². The lowest BCUT2D eigenvalue weighted by molar-refractivity contribution is -0.136. The summed E-state index contributed by atoms with van der Waals surface area (Å²) >= 11 is 0. The van der Waals surface area contributed by atoms with Gasteiger partial charge in [0.05, 0.1) is 0 Å². The average Bonchev–Trinajstić information content (AvgIpc) is 3.40. The molecule has 3 atom stereocenters. The number of piperazine rings is 1. The fourth-order valence-corrected chi connectivity index (χ4v) is 4.38. The van der Waals surface area contributed by atoms with Gasteiger partial charge in [0.15, 0.2) is 0 Å². The predicted octanol–water partition coefficient (Wildman–Crippen LogP) is 2.85. The van der Waals surface area contributed by atoms with Gasteiger partial charge in [-0.25, -0.2) is 4.98 Å². The van der Waals surface area contributed by atoms with Crippen molar-refractivity contribution in [1.82, 2.24) is 19.8 Å². The number of hydrogen-bond acceptors (Lipinski definition) is 3. The van der Waals surface area contributed by atoms with Gasteiger partial charge in [0.25, 0.3) is 0 Å². The summed E-state index contributed by atoms with van der Waals surface area (Å²) in [7, 11) is 1.99. The molecule has 27 heavy (non-hydrogen) atoms. The molecule has 2 aromatic carbocycles. The highest BCUT2D eigenvalue weighted by molar-refractivity contribution is 5.86. The molecule has 1 saturated carbocycles. The van der Waals surface area contributed by atoms with Crippen LogP contribution in [0.15, 0.2) is 54.9 Å². The lowest BCUT2D eigenvalue weighted by Crippen LogP contribution is -2.50. The van der Waals surface area contributed by atoms with E-state index in [2.05, 4.69) is 52.8 Å². The van der Waals surface area contributed by atoms with Crippen molar-refractivity contribution < 1.29 is 4.79 Å². The van der Waals surface area contributed by atoms with Crippen molar-refractivity contribution in [2.75, 3.05) is 19.6 Å². The Balaban J connectivity index is 1.37. The molecule has 1 saturated heterocycles. The van der Waals surface area contributed by atoms with E-state index in [1.165, 1.54) is 16.3 Å². The van der Waals surface area contributed by atoms with Crippen LogP contribution >= 0.6 is 0 Å². The van der Waals surface area contributed by atoms with Crippen molar-refractivity contribution in [2.24, 2.45) is 13.0 Å². The minimum atomic E-state index is 0.0177. The third-order valence-electron chi connectivity index (χ3n) is 5.99. The number of benzene rings is 2. The van der Waals surface area contributed by atoms with Gasteiger partial charge in [-0.2, -0.15) is 0 Å². The number of nitrogens with one attached hydrogen (secondary N) is 1. The first kappa shape index (κ1) is 16.5. The Hall–Kier alpha value is -2.66. The van der Waals surface area contributed by atoms with E-state index >= 15 is 0 Å². The van der Waals surface area contributed by atoms with Crippen molar-refractivity contribution in [1.29, 1.82) is 0 Å². The van der Waals surface area contributed by atoms with Gasteiger partial charge >= 0.3 is 0 Å². The van der Waals surface area contributed by atoms with Crippen LogP contribution in [0.5, 0.6) is 0 Å². The summed E-state index contributed by atoms with van der Waals surface area (Å²) in [4.78, 5) is 19.8. The zero-order valence-corrected chi connectivity index (χ0v) is 15.5. The first-order chi connectivity index (χ1) is 13.2. The maximum absolute atomic E-state index is 13.3. The first-order valence-electron chi connectivity index (χ1n) is 9.69. The molecule has 1 amide bonds. The number of rotatable bonds is 3. The zero-order chi connectivity index (χ0) is 18.4. The highest BCUT2D eigenvalue weighted by Gasteiger charge is 2.47. The van der Waals surface area contributed by atoms with Crippen molar-refractivity contribution in [3.8, 4) is 0 Å². The van der Waals surface area contributed by atoms with Crippen LogP contribution in [0.2, 0.25) is 0 Å². The Morgan fingerprint density at radius 2 is 2.04 bits per heavy atom. The van der Waals surface area contributed by atoms with Crippen LogP contribution in [0, 0.1) is 5.92 Å². The Kier molecular flexibility index (Phi) is 3.97. The molecular weight excluding hydrogens is 336 g/mol. The summed E-state index contributed by atoms with van der Waals surface area (Å²) in [5, 5.41) is 5.91. The highest BCUT2D eigenvalue weighted by Crippen LogP contribution is 2.49. The number of imidazole rings is 1. The van der Waals surface area contributed by atoms with Crippen LogP contribution in [0.4, 0.5) is 0 Å². The molecule has 138 valence electrons. The quantitative estimate of drug-likeness (QED) is 0.781.